The summed E-state index contributed by atoms with van der Waals surface area (Å²) in [5.41, 5.74) is 9.50. The summed E-state index contributed by atoms with van der Waals surface area (Å²) >= 11 is 0. The van der Waals surface area contributed by atoms with E-state index in [-0.39, 0.29) is 12.8 Å². The van der Waals surface area contributed by atoms with Gasteiger partial charge in [0, 0.05) is 13.0 Å². The van der Waals surface area contributed by atoms with Crippen molar-refractivity contribution in [2.45, 2.75) is 37.6 Å². The van der Waals surface area contributed by atoms with Gasteiger partial charge in [0.15, 0.2) is 5.66 Å². The standard InChI is InChI=1S/C9H17N3O4/c1-2-9(10,11)8(15)16-5-3-6(7(13)14)12-4-5/h5-6,12H,2-4,10-11H2,1H3,(H,13,14)/t5-,6+/m1/s1. The zero-order chi connectivity index (χ0) is 12.3. The lowest BCUT2D eigenvalue weighted by molar-refractivity contribution is -0.155. The molecule has 1 aliphatic rings. The summed E-state index contributed by atoms with van der Waals surface area (Å²) in [4.78, 5) is 22.1. The van der Waals surface area contributed by atoms with Gasteiger partial charge in [-0.25, -0.2) is 4.79 Å². The molecule has 0 spiro atoms. The number of rotatable bonds is 4. The van der Waals surface area contributed by atoms with Crippen molar-refractivity contribution in [1.29, 1.82) is 0 Å². The average molecular weight is 231 g/mol. The van der Waals surface area contributed by atoms with E-state index in [9.17, 15) is 9.59 Å². The number of hydrogen-bond acceptors (Lipinski definition) is 6. The zero-order valence-electron chi connectivity index (χ0n) is 9.10. The predicted molar refractivity (Wildman–Crippen MR) is 55.3 cm³/mol. The number of nitrogens with two attached hydrogens (primary N) is 2. The van der Waals surface area contributed by atoms with Crippen LogP contribution in [-0.4, -0.2) is 41.4 Å². The summed E-state index contributed by atoms with van der Waals surface area (Å²) in [6, 6.07) is -0.677. The van der Waals surface area contributed by atoms with E-state index in [4.69, 9.17) is 21.3 Å². The van der Waals surface area contributed by atoms with Gasteiger partial charge in [0.2, 0.25) is 0 Å². The van der Waals surface area contributed by atoms with Crippen LogP contribution in [0, 0.1) is 0 Å². The monoisotopic (exact) mass is 231 g/mol. The van der Waals surface area contributed by atoms with Gasteiger partial charge < -0.3 is 26.6 Å². The number of carbonyl (C=O) groups is 2. The molecule has 1 heterocycles. The maximum absolute atomic E-state index is 11.5. The number of esters is 1. The highest BCUT2D eigenvalue weighted by molar-refractivity contribution is 5.80. The van der Waals surface area contributed by atoms with Gasteiger partial charge in [0.1, 0.15) is 12.1 Å². The van der Waals surface area contributed by atoms with Gasteiger partial charge >= 0.3 is 11.9 Å². The Morgan fingerprint density at radius 2 is 2.19 bits per heavy atom. The third-order valence-corrected chi connectivity index (χ3v) is 2.63. The second kappa shape index (κ2) is 4.77. The number of aliphatic carboxylic acids is 1. The molecule has 1 aliphatic heterocycles. The van der Waals surface area contributed by atoms with E-state index in [1.165, 1.54) is 0 Å². The zero-order valence-corrected chi connectivity index (χ0v) is 9.10. The van der Waals surface area contributed by atoms with E-state index < -0.39 is 29.7 Å². The fraction of sp³-hybridized carbons (Fsp3) is 0.778. The van der Waals surface area contributed by atoms with Crippen molar-refractivity contribution in [1.82, 2.24) is 5.32 Å². The molecule has 0 amide bonds. The van der Waals surface area contributed by atoms with Gasteiger partial charge in [-0.05, 0) is 6.42 Å². The number of nitrogens with one attached hydrogen (secondary N) is 1. The van der Waals surface area contributed by atoms with Gasteiger partial charge in [-0.3, -0.25) is 4.79 Å². The summed E-state index contributed by atoms with van der Waals surface area (Å²) < 4.78 is 5.03. The van der Waals surface area contributed by atoms with E-state index in [1.54, 1.807) is 6.92 Å². The van der Waals surface area contributed by atoms with Crippen LogP contribution < -0.4 is 16.8 Å². The molecule has 0 bridgehead atoms. The minimum absolute atomic E-state index is 0.237. The molecule has 0 aromatic rings. The van der Waals surface area contributed by atoms with E-state index in [1.807, 2.05) is 0 Å². The van der Waals surface area contributed by atoms with Crippen LogP contribution in [0.4, 0.5) is 0 Å². The van der Waals surface area contributed by atoms with E-state index in [2.05, 4.69) is 5.32 Å². The molecule has 92 valence electrons. The molecule has 0 aromatic carbocycles. The van der Waals surface area contributed by atoms with Gasteiger partial charge in [0.25, 0.3) is 0 Å². The van der Waals surface area contributed by atoms with Crippen LogP contribution in [-0.2, 0) is 14.3 Å². The Kier molecular flexibility index (Phi) is 3.84. The van der Waals surface area contributed by atoms with Crippen molar-refractivity contribution in [3.63, 3.8) is 0 Å². The molecule has 0 unspecified atom stereocenters. The number of carboxylic acids is 1. The number of hydrogen-bond donors (Lipinski definition) is 4. The third kappa shape index (κ3) is 2.91. The van der Waals surface area contributed by atoms with Crippen LogP contribution >= 0.6 is 0 Å². The maximum Gasteiger partial charge on any atom is 0.341 e. The molecule has 2 atom stereocenters. The minimum Gasteiger partial charge on any atom is -0.480 e. The summed E-state index contributed by atoms with van der Waals surface area (Å²) in [7, 11) is 0. The predicted octanol–water partition coefficient (Wildman–Crippen LogP) is -1.63. The van der Waals surface area contributed by atoms with Crippen LogP contribution in [0.5, 0.6) is 0 Å². The molecule has 0 saturated carbocycles. The Hall–Kier alpha value is -1.18. The van der Waals surface area contributed by atoms with Crippen LogP contribution in [0.25, 0.3) is 0 Å². The first-order chi connectivity index (χ1) is 7.36. The molecule has 1 saturated heterocycles. The molecule has 0 aliphatic carbocycles. The highest BCUT2D eigenvalue weighted by Crippen LogP contribution is 2.13. The van der Waals surface area contributed by atoms with Crippen molar-refractivity contribution in [3.8, 4) is 0 Å². The lowest BCUT2D eigenvalue weighted by Crippen LogP contribution is -2.57. The molecule has 16 heavy (non-hydrogen) atoms. The molecule has 1 fully saturated rings. The second-order valence-electron chi connectivity index (χ2n) is 3.96. The Bertz CT molecular complexity index is 292. The van der Waals surface area contributed by atoms with Gasteiger partial charge in [-0.1, -0.05) is 6.92 Å². The Balaban J connectivity index is 2.46. The Morgan fingerprint density at radius 1 is 1.56 bits per heavy atom. The first kappa shape index (κ1) is 12.9. The molecular weight excluding hydrogens is 214 g/mol. The summed E-state index contributed by atoms with van der Waals surface area (Å²) in [6.45, 7) is 1.98. The highest BCUT2D eigenvalue weighted by atomic mass is 16.5. The molecule has 7 heteroatoms. The van der Waals surface area contributed by atoms with Crippen LogP contribution in [0.15, 0.2) is 0 Å². The quantitative estimate of drug-likeness (QED) is 0.338. The molecule has 6 N–H and O–H groups in total. The molecular formula is C9H17N3O4. The van der Waals surface area contributed by atoms with Gasteiger partial charge in [-0.2, -0.15) is 0 Å². The fourth-order valence-electron chi connectivity index (χ4n) is 1.39. The van der Waals surface area contributed by atoms with Crippen LogP contribution in [0.3, 0.4) is 0 Å². The summed E-state index contributed by atoms with van der Waals surface area (Å²) in [6.07, 6.45) is 0.0153. The Labute approximate surface area is 93.1 Å². The number of ether oxygens (including phenoxy) is 1. The second-order valence-corrected chi connectivity index (χ2v) is 3.96. The van der Waals surface area contributed by atoms with Crippen LogP contribution in [0.2, 0.25) is 0 Å². The van der Waals surface area contributed by atoms with Crippen molar-refractivity contribution in [2.75, 3.05) is 6.54 Å². The summed E-state index contributed by atoms with van der Waals surface area (Å²) in [5.74, 6) is -1.66. The lowest BCUT2D eigenvalue weighted by Gasteiger charge is -2.22. The summed E-state index contributed by atoms with van der Waals surface area (Å²) in [5, 5.41) is 11.4. The van der Waals surface area contributed by atoms with Crippen molar-refractivity contribution in [2.24, 2.45) is 11.5 Å². The minimum atomic E-state index is -1.50. The molecule has 1 rings (SSSR count). The normalized spacial score (nSPS) is 25.4. The fourth-order valence-corrected chi connectivity index (χ4v) is 1.39. The third-order valence-electron chi connectivity index (χ3n) is 2.63. The number of carbonyl (C=O) groups excluding carboxylic acids is 1. The Morgan fingerprint density at radius 3 is 2.62 bits per heavy atom. The smallest absolute Gasteiger partial charge is 0.341 e. The SMILES string of the molecule is CCC(N)(N)C(=O)O[C@H]1CN[C@H](C(=O)O)C1. The van der Waals surface area contributed by atoms with E-state index in [0.29, 0.717) is 6.54 Å². The first-order valence-corrected chi connectivity index (χ1v) is 5.12. The van der Waals surface area contributed by atoms with E-state index >= 15 is 0 Å². The highest BCUT2D eigenvalue weighted by Gasteiger charge is 2.36. The molecule has 0 radical (unpaired) electrons. The molecule has 0 aromatic heterocycles. The van der Waals surface area contributed by atoms with Crippen LogP contribution in [0.1, 0.15) is 19.8 Å². The van der Waals surface area contributed by atoms with Crippen molar-refractivity contribution < 1.29 is 19.4 Å². The molecule has 7 nitrogen and oxygen atoms in total. The van der Waals surface area contributed by atoms with Gasteiger partial charge in [-0.15, -0.1) is 0 Å². The van der Waals surface area contributed by atoms with E-state index in [0.717, 1.165) is 0 Å². The topological polar surface area (TPSA) is 128 Å². The van der Waals surface area contributed by atoms with Crippen molar-refractivity contribution >= 4 is 11.9 Å². The lowest BCUT2D eigenvalue weighted by atomic mass is 10.1. The van der Waals surface area contributed by atoms with Gasteiger partial charge in [0.05, 0.1) is 0 Å². The maximum atomic E-state index is 11.5. The number of carboxylic acid groups (broad SMARTS) is 1. The average Bonchev–Trinajstić information content (AvgIpc) is 2.66. The first-order valence-electron chi connectivity index (χ1n) is 5.12. The largest absolute Gasteiger partial charge is 0.480 e. The van der Waals surface area contributed by atoms with Crippen molar-refractivity contribution in [3.05, 3.63) is 0 Å².